The van der Waals surface area contributed by atoms with Crippen molar-refractivity contribution in [2.24, 2.45) is 5.92 Å². The van der Waals surface area contributed by atoms with E-state index < -0.39 is 51.6 Å². The topological polar surface area (TPSA) is 121 Å². The monoisotopic (exact) mass is 460 g/mol. The molecule has 0 radical (unpaired) electrons. The molecule has 2 unspecified atom stereocenters. The van der Waals surface area contributed by atoms with Crippen LogP contribution in [0.15, 0.2) is 29.2 Å². The smallest absolute Gasteiger partial charge is 0.274 e. The van der Waals surface area contributed by atoms with Crippen molar-refractivity contribution in [3.63, 3.8) is 0 Å². The van der Waals surface area contributed by atoms with E-state index in [1.54, 1.807) is 6.92 Å². The first-order valence-corrected chi connectivity index (χ1v) is 10.4. The van der Waals surface area contributed by atoms with Gasteiger partial charge in [0.15, 0.2) is 11.4 Å². The fourth-order valence-electron chi connectivity index (χ4n) is 4.38. The fourth-order valence-corrected chi connectivity index (χ4v) is 4.38. The molecule has 2 atom stereocenters. The Kier molecular flexibility index (Phi) is 5.43. The number of hydrogen-bond acceptors (Lipinski definition) is 5. The summed E-state index contributed by atoms with van der Waals surface area (Å²) in [5, 5.41) is 15.5. The summed E-state index contributed by atoms with van der Waals surface area (Å²) in [5.74, 6) is -4.80. The molecule has 1 saturated carbocycles. The van der Waals surface area contributed by atoms with Gasteiger partial charge in [-0.3, -0.25) is 19.2 Å². The minimum absolute atomic E-state index is 0.000793. The standard InChI is InChI=1S/C22H22F2N4O5/c1-3-27-10-22(7-14(22)20(32)25-2)28-9-13(17(29)18(30)16(28)21(27)33)19(31)26-8-11-4-5-12(23)6-15(11)24/h4-6,9,14,30H,3,7-8,10H2,1-2H3,(H,25,32)(H,26,31). The van der Waals surface area contributed by atoms with Gasteiger partial charge in [-0.2, -0.15) is 0 Å². The minimum atomic E-state index is -1.06. The molecule has 9 nitrogen and oxygen atoms in total. The van der Waals surface area contributed by atoms with Crippen molar-refractivity contribution in [1.82, 2.24) is 20.1 Å². The minimum Gasteiger partial charge on any atom is -0.503 e. The van der Waals surface area contributed by atoms with Crippen molar-refractivity contribution in [3.05, 3.63) is 63.1 Å². The molecule has 33 heavy (non-hydrogen) atoms. The highest BCUT2D eigenvalue weighted by Crippen LogP contribution is 2.54. The Labute approximate surface area is 187 Å². The average molecular weight is 460 g/mol. The van der Waals surface area contributed by atoms with E-state index in [9.17, 15) is 33.1 Å². The Morgan fingerprint density at radius 1 is 1.27 bits per heavy atom. The van der Waals surface area contributed by atoms with E-state index in [-0.39, 0.29) is 30.3 Å². The summed E-state index contributed by atoms with van der Waals surface area (Å²) in [5.41, 5.74) is -2.70. The van der Waals surface area contributed by atoms with Crippen LogP contribution in [0.1, 0.15) is 39.8 Å². The van der Waals surface area contributed by atoms with Crippen LogP contribution < -0.4 is 16.1 Å². The normalized spacial score (nSPS) is 21.0. The molecule has 2 aliphatic rings. The number of halogens is 2. The zero-order valence-corrected chi connectivity index (χ0v) is 17.9. The Bertz CT molecular complexity index is 1240. The van der Waals surface area contributed by atoms with Gasteiger partial charge in [-0.25, -0.2) is 8.78 Å². The van der Waals surface area contributed by atoms with Gasteiger partial charge >= 0.3 is 0 Å². The van der Waals surface area contributed by atoms with Gasteiger partial charge in [0.05, 0.1) is 11.5 Å². The molecule has 1 fully saturated rings. The van der Waals surface area contributed by atoms with Crippen LogP contribution in [-0.4, -0.2) is 52.4 Å². The predicted octanol–water partition coefficient (Wildman–Crippen LogP) is 0.699. The molecule has 0 saturated heterocycles. The van der Waals surface area contributed by atoms with Crippen molar-refractivity contribution in [2.45, 2.75) is 25.4 Å². The van der Waals surface area contributed by atoms with Gasteiger partial charge in [-0.15, -0.1) is 0 Å². The summed E-state index contributed by atoms with van der Waals surface area (Å²) < 4.78 is 28.3. The lowest BCUT2D eigenvalue weighted by atomic mass is 10.0. The van der Waals surface area contributed by atoms with Crippen LogP contribution in [0.5, 0.6) is 5.75 Å². The largest absolute Gasteiger partial charge is 0.503 e. The van der Waals surface area contributed by atoms with Gasteiger partial charge in [0, 0.05) is 44.5 Å². The van der Waals surface area contributed by atoms with Crippen molar-refractivity contribution in [2.75, 3.05) is 20.1 Å². The second-order valence-corrected chi connectivity index (χ2v) is 8.15. The number of carbonyl (C=O) groups is 3. The molecule has 1 aromatic heterocycles. The third-order valence-corrected chi connectivity index (χ3v) is 6.31. The van der Waals surface area contributed by atoms with Crippen LogP contribution in [0.2, 0.25) is 0 Å². The first-order chi connectivity index (χ1) is 15.6. The maximum absolute atomic E-state index is 13.9. The number of aromatic hydroxyl groups is 1. The van der Waals surface area contributed by atoms with Crippen LogP contribution in [0, 0.1) is 17.6 Å². The van der Waals surface area contributed by atoms with Crippen molar-refractivity contribution in [3.8, 4) is 5.75 Å². The molecule has 2 aromatic rings. The van der Waals surface area contributed by atoms with Gasteiger partial charge in [0.25, 0.3) is 11.8 Å². The Morgan fingerprint density at radius 2 is 2.00 bits per heavy atom. The van der Waals surface area contributed by atoms with E-state index in [2.05, 4.69) is 10.6 Å². The lowest BCUT2D eigenvalue weighted by Gasteiger charge is -2.37. The molecule has 1 aliphatic carbocycles. The quantitative estimate of drug-likeness (QED) is 0.607. The van der Waals surface area contributed by atoms with Gasteiger partial charge < -0.3 is 25.2 Å². The fraction of sp³-hybridized carbons (Fsp3) is 0.364. The SMILES string of the molecule is CCN1CC2(CC2C(=O)NC)n2cc(C(=O)NCc3ccc(F)cc3F)c(=O)c(O)c2C1=O. The number of likely N-dealkylation sites (N-methyl/N-ethyl adjacent to an activating group) is 1. The van der Waals surface area contributed by atoms with Gasteiger partial charge in [-0.1, -0.05) is 6.07 Å². The molecule has 0 bridgehead atoms. The Balaban J connectivity index is 1.73. The van der Waals surface area contributed by atoms with E-state index in [1.165, 1.54) is 22.7 Å². The summed E-state index contributed by atoms with van der Waals surface area (Å²) in [7, 11) is 1.48. The highest BCUT2D eigenvalue weighted by atomic mass is 19.1. The van der Waals surface area contributed by atoms with Gasteiger partial charge in [-0.05, 0) is 19.4 Å². The van der Waals surface area contributed by atoms with Gasteiger partial charge in [0.2, 0.25) is 11.3 Å². The number of nitrogens with one attached hydrogen (secondary N) is 2. The van der Waals surface area contributed by atoms with Crippen LogP contribution in [-0.2, 0) is 16.9 Å². The third-order valence-electron chi connectivity index (χ3n) is 6.31. The molecular weight excluding hydrogens is 438 g/mol. The molecule has 11 heteroatoms. The number of hydrogen-bond donors (Lipinski definition) is 3. The molecule has 1 aromatic carbocycles. The number of aromatic nitrogens is 1. The number of amides is 3. The summed E-state index contributed by atoms with van der Waals surface area (Å²) in [4.78, 5) is 52.1. The summed E-state index contributed by atoms with van der Waals surface area (Å²) >= 11 is 0. The third kappa shape index (κ3) is 3.53. The summed E-state index contributed by atoms with van der Waals surface area (Å²) in [6.45, 7) is 1.89. The van der Waals surface area contributed by atoms with Crippen molar-refractivity contribution in [1.29, 1.82) is 0 Å². The molecule has 3 N–H and O–H groups in total. The van der Waals surface area contributed by atoms with Crippen molar-refractivity contribution >= 4 is 17.7 Å². The van der Waals surface area contributed by atoms with E-state index >= 15 is 0 Å². The molecule has 174 valence electrons. The molecule has 4 rings (SSSR count). The zero-order valence-electron chi connectivity index (χ0n) is 17.9. The molecule has 1 spiro atoms. The summed E-state index contributed by atoms with van der Waals surface area (Å²) in [6, 6.07) is 2.86. The number of fused-ring (bicyclic) bond motifs is 2. The van der Waals surface area contributed by atoms with E-state index in [4.69, 9.17) is 0 Å². The number of benzene rings is 1. The lowest BCUT2D eigenvalue weighted by molar-refractivity contribution is -0.122. The second-order valence-electron chi connectivity index (χ2n) is 8.15. The summed E-state index contributed by atoms with van der Waals surface area (Å²) in [6.07, 6.45) is 1.52. The number of carbonyl (C=O) groups excluding carboxylic acids is 3. The van der Waals surface area contributed by atoms with Crippen LogP contribution in [0.25, 0.3) is 0 Å². The number of rotatable bonds is 5. The van der Waals surface area contributed by atoms with E-state index in [0.717, 1.165) is 12.1 Å². The molecule has 2 heterocycles. The van der Waals surface area contributed by atoms with E-state index in [0.29, 0.717) is 19.0 Å². The van der Waals surface area contributed by atoms with Crippen molar-refractivity contribution < 1.29 is 28.3 Å². The lowest BCUT2D eigenvalue weighted by Crippen LogP contribution is -2.50. The number of pyridine rings is 1. The Morgan fingerprint density at radius 3 is 2.64 bits per heavy atom. The predicted molar refractivity (Wildman–Crippen MR) is 112 cm³/mol. The van der Waals surface area contributed by atoms with Crippen LogP contribution in [0.4, 0.5) is 8.78 Å². The first-order valence-electron chi connectivity index (χ1n) is 10.4. The van der Waals surface area contributed by atoms with Crippen LogP contribution in [0.3, 0.4) is 0 Å². The molecule has 3 amide bonds. The Hall–Kier alpha value is -3.76. The zero-order chi connectivity index (χ0) is 24.1. The maximum atomic E-state index is 13.9. The molecule has 1 aliphatic heterocycles. The number of nitrogens with zero attached hydrogens (tertiary/aromatic N) is 2. The van der Waals surface area contributed by atoms with Crippen LogP contribution >= 0.6 is 0 Å². The second kappa shape index (κ2) is 7.98. The first kappa shape index (κ1) is 22.4. The average Bonchev–Trinajstić information content (AvgIpc) is 3.51. The van der Waals surface area contributed by atoms with E-state index in [1.807, 2.05) is 0 Å². The highest BCUT2D eigenvalue weighted by molar-refractivity contribution is 6.00. The van der Waals surface area contributed by atoms with Gasteiger partial charge in [0.1, 0.15) is 17.2 Å². The molecular formula is C22H22F2N4O5. The maximum Gasteiger partial charge on any atom is 0.274 e. The highest BCUT2D eigenvalue weighted by Gasteiger charge is 2.63.